The zero-order chi connectivity index (χ0) is 15.0. The van der Waals surface area contributed by atoms with Crippen molar-refractivity contribution in [3.8, 4) is 0 Å². The molecule has 2 amide bonds. The fourth-order valence-electron chi connectivity index (χ4n) is 2.16. The van der Waals surface area contributed by atoms with Gasteiger partial charge in [-0.05, 0) is 6.42 Å². The Morgan fingerprint density at radius 1 is 1.45 bits per heavy atom. The molecular weight excluding hydrogens is 260 g/mol. The Balaban J connectivity index is 0.000000612. The second-order valence-electron chi connectivity index (χ2n) is 4.62. The fraction of sp³-hybridized carbons (Fsp3) is 0.643. The van der Waals surface area contributed by atoms with Gasteiger partial charge in [0.25, 0.3) is 0 Å². The van der Waals surface area contributed by atoms with Crippen LogP contribution in [0.25, 0.3) is 0 Å². The van der Waals surface area contributed by atoms with Crippen LogP contribution < -0.4 is 0 Å². The Hall–Kier alpha value is -1.37. The molecule has 0 aromatic heterocycles. The van der Waals surface area contributed by atoms with Crippen LogP contribution in [0.4, 0.5) is 4.79 Å². The number of carbonyl (C=O) groups is 1. The third-order valence-corrected chi connectivity index (χ3v) is 2.95. The number of amides is 2. The van der Waals surface area contributed by atoms with Crippen molar-refractivity contribution in [2.24, 2.45) is 0 Å². The van der Waals surface area contributed by atoms with E-state index in [1.165, 1.54) is 10.6 Å². The first-order chi connectivity index (χ1) is 9.67. The minimum absolute atomic E-state index is 0.0306. The number of ether oxygens (including phenoxy) is 2. The Kier molecular flexibility index (Phi) is 7.28. The second kappa shape index (κ2) is 8.73. The van der Waals surface area contributed by atoms with E-state index in [0.29, 0.717) is 26.3 Å². The lowest BCUT2D eigenvalue weighted by Crippen LogP contribution is -2.33. The van der Waals surface area contributed by atoms with Crippen molar-refractivity contribution < 1.29 is 19.1 Å². The summed E-state index contributed by atoms with van der Waals surface area (Å²) in [6.07, 6.45) is 4.62. The molecule has 0 spiro atoms. The van der Waals surface area contributed by atoms with Crippen LogP contribution in [-0.4, -0.2) is 69.7 Å². The Morgan fingerprint density at radius 3 is 2.75 bits per heavy atom. The molecule has 20 heavy (non-hydrogen) atoms. The lowest BCUT2D eigenvalue weighted by Gasteiger charge is -2.21. The maximum absolute atomic E-state index is 11.9. The number of nitrogens with zero attached hydrogens (tertiary/aromatic N) is 2. The lowest BCUT2D eigenvalue weighted by molar-refractivity contribution is -0.107. The van der Waals surface area contributed by atoms with Crippen molar-refractivity contribution in [1.82, 2.24) is 9.96 Å². The van der Waals surface area contributed by atoms with Gasteiger partial charge in [-0.15, -0.1) is 6.58 Å². The number of rotatable bonds is 6. The van der Waals surface area contributed by atoms with Gasteiger partial charge in [-0.1, -0.05) is 17.7 Å². The molecule has 0 aromatic rings. The van der Waals surface area contributed by atoms with Crippen LogP contribution in [0.15, 0.2) is 24.3 Å². The minimum Gasteiger partial charge on any atom is -0.388 e. The van der Waals surface area contributed by atoms with Gasteiger partial charge in [0.2, 0.25) is 0 Å². The van der Waals surface area contributed by atoms with Gasteiger partial charge in [0.15, 0.2) is 0 Å². The first-order valence-corrected chi connectivity index (χ1v) is 6.58. The average Bonchev–Trinajstić information content (AvgIpc) is 2.66. The molecule has 0 aliphatic carbocycles. The van der Waals surface area contributed by atoms with Gasteiger partial charge < -0.3 is 14.4 Å². The molecule has 1 unspecified atom stereocenters. The highest BCUT2D eigenvalue weighted by atomic mass is 16.7. The van der Waals surface area contributed by atoms with E-state index in [-0.39, 0.29) is 12.1 Å². The van der Waals surface area contributed by atoms with E-state index in [1.54, 1.807) is 32.3 Å². The highest BCUT2D eigenvalue weighted by molar-refractivity contribution is 5.77. The van der Waals surface area contributed by atoms with Crippen LogP contribution in [0.3, 0.4) is 0 Å². The quantitative estimate of drug-likeness (QED) is 0.693. The molecular formula is C14H24N2O4. The van der Waals surface area contributed by atoms with Crippen molar-refractivity contribution in [2.45, 2.75) is 12.5 Å². The van der Waals surface area contributed by atoms with Gasteiger partial charge in [-0.25, -0.2) is 4.79 Å². The number of fused-ring (bicyclic) bond motifs is 2. The Bertz CT molecular complexity index is 357. The SMILES string of the molecule is C=CCON1C(=O)N2CC(CCOC)=CC1C2.COC. The number of hydrogen-bond donors (Lipinski definition) is 0. The third-order valence-electron chi connectivity index (χ3n) is 2.95. The first-order valence-electron chi connectivity index (χ1n) is 6.58. The number of methoxy groups -OCH3 is 2. The van der Waals surface area contributed by atoms with Gasteiger partial charge in [-0.3, -0.25) is 4.84 Å². The van der Waals surface area contributed by atoms with E-state index < -0.39 is 0 Å². The minimum atomic E-state index is -0.0551. The van der Waals surface area contributed by atoms with Crippen LogP contribution in [0.1, 0.15) is 6.42 Å². The molecule has 0 radical (unpaired) electrons. The summed E-state index contributed by atoms with van der Waals surface area (Å²) in [4.78, 5) is 19.1. The van der Waals surface area contributed by atoms with E-state index >= 15 is 0 Å². The summed E-state index contributed by atoms with van der Waals surface area (Å²) in [5.74, 6) is 0. The predicted octanol–water partition coefficient (Wildman–Crippen LogP) is 1.45. The first kappa shape index (κ1) is 16.7. The lowest BCUT2D eigenvalue weighted by atomic mass is 10.1. The van der Waals surface area contributed by atoms with E-state index in [1.807, 2.05) is 0 Å². The molecule has 2 bridgehead atoms. The molecule has 0 aromatic carbocycles. The number of hydroxylamine groups is 2. The average molecular weight is 284 g/mol. The van der Waals surface area contributed by atoms with Crippen LogP contribution in [-0.2, 0) is 14.3 Å². The molecule has 6 nitrogen and oxygen atoms in total. The molecule has 1 saturated heterocycles. The van der Waals surface area contributed by atoms with Gasteiger partial charge in [-0.2, -0.15) is 5.06 Å². The van der Waals surface area contributed by atoms with Gasteiger partial charge >= 0.3 is 6.03 Å². The van der Waals surface area contributed by atoms with E-state index in [0.717, 1.165) is 6.42 Å². The van der Waals surface area contributed by atoms with Gasteiger partial charge in [0, 0.05) is 41.0 Å². The molecule has 2 aliphatic heterocycles. The fourth-order valence-corrected chi connectivity index (χ4v) is 2.16. The Morgan fingerprint density at radius 2 is 2.15 bits per heavy atom. The smallest absolute Gasteiger partial charge is 0.344 e. The van der Waals surface area contributed by atoms with Gasteiger partial charge in [0.1, 0.15) is 0 Å². The maximum Gasteiger partial charge on any atom is 0.344 e. The second-order valence-corrected chi connectivity index (χ2v) is 4.62. The van der Waals surface area contributed by atoms with Crippen LogP contribution >= 0.6 is 0 Å². The van der Waals surface area contributed by atoms with Crippen molar-refractivity contribution in [2.75, 3.05) is 47.6 Å². The summed E-state index contributed by atoms with van der Waals surface area (Å²) in [7, 11) is 4.93. The molecule has 1 atom stereocenters. The van der Waals surface area contributed by atoms with E-state index in [2.05, 4.69) is 17.4 Å². The molecule has 0 N–H and O–H groups in total. The maximum atomic E-state index is 11.9. The normalized spacial score (nSPS) is 20.4. The number of hydrogen-bond acceptors (Lipinski definition) is 4. The Labute approximate surface area is 120 Å². The van der Waals surface area contributed by atoms with Crippen molar-refractivity contribution >= 4 is 6.03 Å². The monoisotopic (exact) mass is 284 g/mol. The van der Waals surface area contributed by atoms with E-state index in [9.17, 15) is 4.79 Å². The number of carbonyl (C=O) groups excluding carboxylic acids is 1. The summed E-state index contributed by atoms with van der Waals surface area (Å²) in [5, 5.41) is 1.45. The van der Waals surface area contributed by atoms with Crippen molar-refractivity contribution in [1.29, 1.82) is 0 Å². The van der Waals surface area contributed by atoms with Gasteiger partial charge in [0.05, 0.1) is 12.6 Å². The van der Waals surface area contributed by atoms with Crippen LogP contribution in [0.2, 0.25) is 0 Å². The van der Waals surface area contributed by atoms with Crippen molar-refractivity contribution in [3.05, 3.63) is 24.3 Å². The van der Waals surface area contributed by atoms with Crippen LogP contribution in [0, 0.1) is 0 Å². The summed E-state index contributed by atoms with van der Waals surface area (Å²) in [6.45, 7) is 6.03. The number of urea groups is 1. The largest absolute Gasteiger partial charge is 0.388 e. The van der Waals surface area contributed by atoms with Crippen molar-refractivity contribution in [3.63, 3.8) is 0 Å². The predicted molar refractivity (Wildman–Crippen MR) is 76.3 cm³/mol. The summed E-state index contributed by atoms with van der Waals surface area (Å²) >= 11 is 0. The zero-order valence-electron chi connectivity index (χ0n) is 12.5. The molecule has 114 valence electrons. The van der Waals surface area contributed by atoms with E-state index in [4.69, 9.17) is 9.57 Å². The molecule has 6 heteroatoms. The molecule has 2 rings (SSSR count). The summed E-state index contributed by atoms with van der Waals surface area (Å²) in [5.41, 5.74) is 1.24. The standard InChI is InChI=1S/C12H18N2O3.C2H6O/c1-3-5-17-14-11-7-10(4-6-16-2)8-13(9-11)12(14)15;1-3-2/h3,7,11H,1,4-6,8-9H2,2H3;1-2H3. The molecule has 0 saturated carbocycles. The summed E-state index contributed by atoms with van der Waals surface area (Å²) < 4.78 is 9.30. The summed E-state index contributed by atoms with van der Waals surface area (Å²) in [6, 6.07) is -0.0245. The zero-order valence-corrected chi connectivity index (χ0v) is 12.5. The third kappa shape index (κ3) is 4.33. The molecule has 1 fully saturated rings. The highest BCUT2D eigenvalue weighted by Crippen LogP contribution is 2.25. The van der Waals surface area contributed by atoms with Crippen LogP contribution in [0.5, 0.6) is 0 Å². The topological polar surface area (TPSA) is 51.2 Å². The molecule has 2 heterocycles. The highest BCUT2D eigenvalue weighted by Gasteiger charge is 2.40. The molecule has 2 aliphatic rings.